The normalized spacial score (nSPS) is 13.6. The molecule has 0 aliphatic carbocycles. The summed E-state index contributed by atoms with van der Waals surface area (Å²) in [6, 6.07) is 18.8. The number of ether oxygens (including phenoxy) is 1. The van der Waals surface area contributed by atoms with Gasteiger partial charge in [-0.15, -0.1) is 0 Å². The van der Waals surface area contributed by atoms with Gasteiger partial charge in [-0.05, 0) is 42.5 Å². The summed E-state index contributed by atoms with van der Waals surface area (Å²) >= 11 is 6.30. The van der Waals surface area contributed by atoms with Gasteiger partial charge < -0.3 is 9.64 Å². The van der Waals surface area contributed by atoms with E-state index in [2.05, 4.69) is 10.1 Å². The molecule has 6 nitrogen and oxygen atoms in total. The Morgan fingerprint density at radius 2 is 1.90 bits per heavy atom. The number of carbonyl (C=O) groups excluding carboxylic acids is 1. The van der Waals surface area contributed by atoms with Crippen LogP contribution in [0.4, 0.5) is 5.69 Å². The maximum absolute atomic E-state index is 13.1. The number of rotatable bonds is 4. The van der Waals surface area contributed by atoms with Crippen molar-refractivity contribution in [1.82, 2.24) is 14.8 Å². The summed E-state index contributed by atoms with van der Waals surface area (Å²) in [7, 11) is 0. The van der Waals surface area contributed by atoms with Crippen LogP contribution in [-0.4, -0.2) is 27.2 Å². The van der Waals surface area contributed by atoms with Crippen molar-refractivity contribution in [1.29, 1.82) is 0 Å². The molecule has 0 unspecified atom stereocenters. The number of para-hydroxylation sites is 1. The maximum Gasteiger partial charge on any atom is 0.276 e. The second kappa shape index (κ2) is 7.22. The van der Waals surface area contributed by atoms with Gasteiger partial charge in [-0.1, -0.05) is 29.8 Å². The van der Waals surface area contributed by atoms with Gasteiger partial charge in [0.15, 0.2) is 0 Å². The highest BCUT2D eigenvalue weighted by Gasteiger charge is 2.27. The zero-order valence-electron chi connectivity index (χ0n) is 15.5. The Hall–Kier alpha value is -3.38. The van der Waals surface area contributed by atoms with Crippen molar-refractivity contribution in [2.24, 2.45) is 0 Å². The van der Waals surface area contributed by atoms with Crippen LogP contribution in [0.3, 0.4) is 0 Å². The Bertz CT molecular complexity index is 1210. The fourth-order valence-corrected chi connectivity index (χ4v) is 3.71. The number of aromatic nitrogens is 3. The SMILES string of the molecule is O=C1c2cc(COc3ccccc3)nn2CCN1c1ccc2nccc(Cl)c2c1. The van der Waals surface area contributed by atoms with Crippen molar-refractivity contribution in [2.45, 2.75) is 13.2 Å². The molecule has 5 rings (SSSR count). The van der Waals surface area contributed by atoms with E-state index in [1.54, 1.807) is 27.9 Å². The van der Waals surface area contributed by atoms with Crippen LogP contribution in [0.5, 0.6) is 5.75 Å². The number of fused-ring (bicyclic) bond motifs is 2. The average Bonchev–Trinajstić information content (AvgIpc) is 3.18. The first-order chi connectivity index (χ1) is 14.2. The number of hydrogen-bond acceptors (Lipinski definition) is 4. The predicted molar refractivity (Wildman–Crippen MR) is 111 cm³/mol. The minimum absolute atomic E-state index is 0.0888. The predicted octanol–water partition coefficient (Wildman–Crippen LogP) is 4.32. The van der Waals surface area contributed by atoms with Crippen LogP contribution in [0.1, 0.15) is 16.2 Å². The van der Waals surface area contributed by atoms with Gasteiger partial charge in [0.2, 0.25) is 0 Å². The largest absolute Gasteiger partial charge is 0.487 e. The molecule has 0 bridgehead atoms. The molecule has 0 saturated carbocycles. The second-order valence-corrected chi connectivity index (χ2v) is 7.20. The molecule has 0 fully saturated rings. The van der Waals surface area contributed by atoms with E-state index in [0.717, 1.165) is 28.0 Å². The van der Waals surface area contributed by atoms with Crippen molar-refractivity contribution < 1.29 is 9.53 Å². The number of carbonyl (C=O) groups is 1. The van der Waals surface area contributed by atoms with Gasteiger partial charge in [0, 0.05) is 23.8 Å². The molecule has 1 aliphatic heterocycles. The number of halogens is 1. The van der Waals surface area contributed by atoms with E-state index in [4.69, 9.17) is 16.3 Å². The molecule has 1 amide bonds. The number of amides is 1. The number of nitrogens with zero attached hydrogens (tertiary/aromatic N) is 4. The van der Waals surface area contributed by atoms with Crippen LogP contribution < -0.4 is 9.64 Å². The second-order valence-electron chi connectivity index (χ2n) is 6.80. The van der Waals surface area contributed by atoms with Crippen molar-refractivity contribution >= 4 is 34.1 Å². The van der Waals surface area contributed by atoms with E-state index < -0.39 is 0 Å². The van der Waals surface area contributed by atoms with E-state index in [0.29, 0.717) is 30.4 Å². The maximum atomic E-state index is 13.1. The minimum Gasteiger partial charge on any atom is -0.487 e. The summed E-state index contributed by atoms with van der Waals surface area (Å²) in [5.74, 6) is 0.683. The molecule has 2 aromatic carbocycles. The lowest BCUT2D eigenvalue weighted by molar-refractivity contribution is 0.0962. The summed E-state index contributed by atoms with van der Waals surface area (Å²) < 4.78 is 7.50. The summed E-state index contributed by atoms with van der Waals surface area (Å²) in [5.41, 5.74) is 2.88. The van der Waals surface area contributed by atoms with Gasteiger partial charge in [-0.2, -0.15) is 5.10 Å². The van der Waals surface area contributed by atoms with Gasteiger partial charge in [0.25, 0.3) is 5.91 Å². The van der Waals surface area contributed by atoms with Crippen LogP contribution in [0, 0.1) is 0 Å². The molecule has 1 aliphatic rings. The Morgan fingerprint density at radius 3 is 2.76 bits per heavy atom. The Kier molecular flexibility index (Phi) is 4.41. The Balaban J connectivity index is 1.39. The molecular formula is C22H17ClN4O2. The number of pyridine rings is 1. The Labute approximate surface area is 172 Å². The highest BCUT2D eigenvalue weighted by atomic mass is 35.5. The highest BCUT2D eigenvalue weighted by molar-refractivity contribution is 6.35. The van der Waals surface area contributed by atoms with Gasteiger partial charge in [0.05, 0.1) is 17.1 Å². The zero-order chi connectivity index (χ0) is 19.8. The summed E-state index contributed by atoms with van der Waals surface area (Å²) in [6.45, 7) is 1.47. The summed E-state index contributed by atoms with van der Waals surface area (Å²) in [5, 5.41) is 5.97. The molecule has 3 heterocycles. The summed E-state index contributed by atoms with van der Waals surface area (Å²) in [6.07, 6.45) is 1.67. The van der Waals surface area contributed by atoms with E-state index in [9.17, 15) is 4.79 Å². The third kappa shape index (κ3) is 3.32. The van der Waals surface area contributed by atoms with Crippen molar-refractivity contribution in [3.05, 3.63) is 83.3 Å². The van der Waals surface area contributed by atoms with Crippen LogP contribution in [0.25, 0.3) is 10.9 Å². The van der Waals surface area contributed by atoms with Crippen LogP contribution >= 0.6 is 11.6 Å². The van der Waals surface area contributed by atoms with E-state index in [1.807, 2.05) is 48.5 Å². The first-order valence-electron chi connectivity index (χ1n) is 9.30. The molecule has 4 aromatic rings. The average molecular weight is 405 g/mol. The first kappa shape index (κ1) is 17.7. The molecule has 0 saturated heterocycles. The molecule has 0 N–H and O–H groups in total. The first-order valence-corrected chi connectivity index (χ1v) is 9.67. The zero-order valence-corrected chi connectivity index (χ0v) is 16.2. The van der Waals surface area contributed by atoms with Crippen molar-refractivity contribution in [3.63, 3.8) is 0 Å². The Morgan fingerprint density at radius 1 is 1.03 bits per heavy atom. The molecule has 0 atom stereocenters. The molecule has 0 radical (unpaired) electrons. The van der Waals surface area contributed by atoms with E-state index in [1.165, 1.54) is 0 Å². The lowest BCUT2D eigenvalue weighted by Crippen LogP contribution is -2.40. The lowest BCUT2D eigenvalue weighted by atomic mass is 10.1. The fourth-order valence-electron chi connectivity index (χ4n) is 3.51. The lowest BCUT2D eigenvalue weighted by Gasteiger charge is -2.27. The third-order valence-corrected chi connectivity index (χ3v) is 5.27. The summed E-state index contributed by atoms with van der Waals surface area (Å²) in [4.78, 5) is 19.2. The van der Waals surface area contributed by atoms with Crippen molar-refractivity contribution in [3.8, 4) is 5.75 Å². The molecule has 144 valence electrons. The van der Waals surface area contributed by atoms with Gasteiger partial charge >= 0.3 is 0 Å². The monoisotopic (exact) mass is 404 g/mol. The third-order valence-electron chi connectivity index (χ3n) is 4.94. The number of anilines is 1. The highest BCUT2D eigenvalue weighted by Crippen LogP contribution is 2.28. The van der Waals surface area contributed by atoms with E-state index in [-0.39, 0.29) is 5.91 Å². The van der Waals surface area contributed by atoms with E-state index >= 15 is 0 Å². The molecule has 0 spiro atoms. The number of benzene rings is 2. The topological polar surface area (TPSA) is 60.2 Å². The van der Waals surface area contributed by atoms with Gasteiger partial charge in [-0.3, -0.25) is 14.5 Å². The van der Waals surface area contributed by atoms with Crippen LogP contribution in [0.2, 0.25) is 5.02 Å². The molecule has 2 aromatic heterocycles. The van der Waals surface area contributed by atoms with Gasteiger partial charge in [-0.25, -0.2) is 0 Å². The van der Waals surface area contributed by atoms with Gasteiger partial charge in [0.1, 0.15) is 23.7 Å². The molecule has 7 heteroatoms. The van der Waals surface area contributed by atoms with Crippen molar-refractivity contribution in [2.75, 3.05) is 11.4 Å². The van der Waals surface area contributed by atoms with Crippen LogP contribution in [0.15, 0.2) is 66.9 Å². The molecular weight excluding hydrogens is 388 g/mol. The minimum atomic E-state index is -0.0888. The number of hydrogen-bond donors (Lipinski definition) is 0. The standard InChI is InChI=1S/C22H17ClN4O2/c23-19-8-9-24-20-7-6-16(13-18(19)20)26-10-11-27-21(22(26)28)12-15(25-27)14-29-17-4-2-1-3-5-17/h1-9,12-13H,10-11,14H2. The van der Waals surface area contributed by atoms with Crippen LogP contribution in [-0.2, 0) is 13.2 Å². The quantitative estimate of drug-likeness (QED) is 0.508. The smallest absolute Gasteiger partial charge is 0.276 e. The molecule has 29 heavy (non-hydrogen) atoms. The fraction of sp³-hybridized carbons (Fsp3) is 0.136.